The van der Waals surface area contributed by atoms with Gasteiger partial charge >= 0.3 is 11.9 Å². The normalized spacial score (nSPS) is 10.0. The van der Waals surface area contributed by atoms with Crippen molar-refractivity contribution in [3.8, 4) is 0 Å². The van der Waals surface area contributed by atoms with Crippen LogP contribution < -0.4 is 4.90 Å². The number of nitro groups is 1. The third-order valence-corrected chi connectivity index (χ3v) is 3.61. The van der Waals surface area contributed by atoms with Crippen LogP contribution >= 0.6 is 0 Å². The summed E-state index contributed by atoms with van der Waals surface area (Å²) in [7, 11) is 0. The molecule has 0 bridgehead atoms. The number of nitro benzene ring substituents is 1. The quantitative estimate of drug-likeness (QED) is 0.388. The summed E-state index contributed by atoms with van der Waals surface area (Å²) in [6.07, 6.45) is 0. The fourth-order valence-corrected chi connectivity index (χ4v) is 2.36. The van der Waals surface area contributed by atoms with Gasteiger partial charge in [-0.15, -0.1) is 0 Å². The summed E-state index contributed by atoms with van der Waals surface area (Å²) >= 11 is 0. The molecule has 2 rings (SSSR count). The Morgan fingerprint density at radius 3 is 2.29 bits per heavy atom. The molecule has 0 heterocycles. The van der Waals surface area contributed by atoms with E-state index in [-0.39, 0.29) is 18.7 Å². The predicted molar refractivity (Wildman–Crippen MR) is 98.8 cm³/mol. The average molecular weight is 386 g/mol. The van der Waals surface area contributed by atoms with Gasteiger partial charge in [-0.1, -0.05) is 30.3 Å². The number of ether oxygens (including phenoxy) is 2. The standard InChI is InChI=1S/C19H18N2O7/c1-2-27-18(23)12-20(14-8-4-3-5-9-14)17(22)13-28-19(24)15-10-6-7-11-16(15)21(25)26/h3-11H,2,12-13H2,1H3. The van der Waals surface area contributed by atoms with Gasteiger partial charge in [-0.2, -0.15) is 0 Å². The molecule has 0 aliphatic heterocycles. The molecule has 0 saturated heterocycles. The first-order valence-electron chi connectivity index (χ1n) is 8.35. The van der Waals surface area contributed by atoms with Crippen LogP contribution in [0.1, 0.15) is 17.3 Å². The van der Waals surface area contributed by atoms with E-state index >= 15 is 0 Å². The van der Waals surface area contributed by atoms with Crippen LogP contribution in [0, 0.1) is 10.1 Å². The van der Waals surface area contributed by atoms with Gasteiger partial charge in [-0.05, 0) is 25.1 Å². The molecule has 0 fully saturated rings. The van der Waals surface area contributed by atoms with Gasteiger partial charge in [0.05, 0.1) is 11.5 Å². The number of carbonyl (C=O) groups is 3. The molecule has 0 saturated carbocycles. The van der Waals surface area contributed by atoms with Crippen LogP contribution in [0.2, 0.25) is 0 Å². The molecule has 0 radical (unpaired) electrons. The maximum absolute atomic E-state index is 12.5. The summed E-state index contributed by atoms with van der Waals surface area (Å²) in [4.78, 5) is 47.9. The van der Waals surface area contributed by atoms with Gasteiger partial charge in [0.25, 0.3) is 11.6 Å². The van der Waals surface area contributed by atoms with Gasteiger partial charge in [0.15, 0.2) is 6.61 Å². The number of carbonyl (C=O) groups excluding carboxylic acids is 3. The molecule has 28 heavy (non-hydrogen) atoms. The van der Waals surface area contributed by atoms with Crippen molar-refractivity contribution in [3.63, 3.8) is 0 Å². The summed E-state index contributed by atoms with van der Waals surface area (Å²) in [6, 6.07) is 13.6. The smallest absolute Gasteiger partial charge is 0.345 e. The van der Waals surface area contributed by atoms with E-state index in [1.165, 1.54) is 18.2 Å². The van der Waals surface area contributed by atoms with Gasteiger partial charge < -0.3 is 9.47 Å². The van der Waals surface area contributed by atoms with E-state index in [0.717, 1.165) is 11.0 Å². The predicted octanol–water partition coefficient (Wildman–Crippen LogP) is 2.35. The Labute approximate surface area is 160 Å². The first-order chi connectivity index (χ1) is 13.4. The molecule has 2 aromatic rings. The Kier molecular flexibility index (Phi) is 7.21. The summed E-state index contributed by atoms with van der Waals surface area (Å²) in [5.41, 5.74) is -0.273. The third-order valence-electron chi connectivity index (χ3n) is 3.61. The van der Waals surface area contributed by atoms with Crippen LogP contribution in [-0.2, 0) is 19.1 Å². The lowest BCUT2D eigenvalue weighted by Gasteiger charge is -2.21. The maximum atomic E-state index is 12.5. The van der Waals surface area contributed by atoms with E-state index < -0.39 is 35.1 Å². The number of rotatable bonds is 8. The van der Waals surface area contributed by atoms with Crippen molar-refractivity contribution in [2.24, 2.45) is 0 Å². The second-order valence-electron chi connectivity index (χ2n) is 5.47. The number of para-hydroxylation sites is 2. The van der Waals surface area contributed by atoms with Crippen molar-refractivity contribution in [1.82, 2.24) is 0 Å². The highest BCUT2D eigenvalue weighted by Crippen LogP contribution is 2.19. The van der Waals surface area contributed by atoms with E-state index in [9.17, 15) is 24.5 Å². The number of amides is 1. The molecule has 9 heteroatoms. The van der Waals surface area contributed by atoms with Crippen LogP contribution in [0.3, 0.4) is 0 Å². The molecular formula is C19H18N2O7. The van der Waals surface area contributed by atoms with Crippen LogP contribution in [-0.4, -0.2) is 42.5 Å². The average Bonchev–Trinajstić information content (AvgIpc) is 2.70. The van der Waals surface area contributed by atoms with Crippen molar-refractivity contribution >= 4 is 29.2 Å². The molecule has 0 unspecified atom stereocenters. The minimum absolute atomic E-state index is 0.155. The Balaban J connectivity index is 2.12. The van der Waals surface area contributed by atoms with Crippen molar-refractivity contribution in [2.75, 3.05) is 24.7 Å². The molecule has 0 N–H and O–H groups in total. The monoisotopic (exact) mass is 386 g/mol. The third kappa shape index (κ3) is 5.37. The number of hydrogen-bond acceptors (Lipinski definition) is 7. The molecule has 0 atom stereocenters. The van der Waals surface area contributed by atoms with Gasteiger partial charge in [0.1, 0.15) is 12.1 Å². The number of benzene rings is 2. The summed E-state index contributed by atoms with van der Waals surface area (Å²) < 4.78 is 9.80. The molecule has 0 aromatic heterocycles. The maximum Gasteiger partial charge on any atom is 0.345 e. The summed E-state index contributed by atoms with van der Waals surface area (Å²) in [6.45, 7) is 0.738. The Morgan fingerprint density at radius 2 is 1.64 bits per heavy atom. The Bertz CT molecular complexity index is 868. The number of nitrogens with zero attached hydrogens (tertiary/aromatic N) is 2. The SMILES string of the molecule is CCOC(=O)CN(C(=O)COC(=O)c1ccccc1[N+](=O)[O-])c1ccccc1. The number of anilines is 1. The zero-order chi connectivity index (χ0) is 20.5. The van der Waals surface area contributed by atoms with E-state index in [1.54, 1.807) is 37.3 Å². The zero-order valence-electron chi connectivity index (χ0n) is 15.1. The molecule has 146 valence electrons. The second-order valence-corrected chi connectivity index (χ2v) is 5.47. The lowest BCUT2D eigenvalue weighted by atomic mass is 10.2. The minimum Gasteiger partial charge on any atom is -0.465 e. The zero-order valence-corrected chi connectivity index (χ0v) is 15.1. The van der Waals surface area contributed by atoms with Crippen LogP contribution in [0.5, 0.6) is 0 Å². The Hall–Kier alpha value is -3.75. The first kappa shape index (κ1) is 20.6. The highest BCUT2D eigenvalue weighted by atomic mass is 16.6. The van der Waals surface area contributed by atoms with Gasteiger partial charge in [-0.25, -0.2) is 4.79 Å². The van der Waals surface area contributed by atoms with Crippen molar-refractivity contribution in [1.29, 1.82) is 0 Å². The van der Waals surface area contributed by atoms with Crippen LogP contribution in [0.4, 0.5) is 11.4 Å². The molecule has 2 aromatic carbocycles. The summed E-state index contributed by atoms with van der Waals surface area (Å²) in [5.74, 6) is -2.30. The lowest BCUT2D eigenvalue weighted by Crippen LogP contribution is -2.39. The second kappa shape index (κ2) is 9.81. The molecule has 9 nitrogen and oxygen atoms in total. The number of esters is 2. The Morgan fingerprint density at radius 1 is 1.00 bits per heavy atom. The van der Waals surface area contributed by atoms with E-state index in [0.29, 0.717) is 5.69 Å². The van der Waals surface area contributed by atoms with E-state index in [2.05, 4.69) is 0 Å². The molecule has 0 aliphatic rings. The highest BCUT2D eigenvalue weighted by molar-refractivity contribution is 6.00. The van der Waals surface area contributed by atoms with Gasteiger partial charge in [0, 0.05) is 11.8 Å². The molecule has 0 aliphatic carbocycles. The van der Waals surface area contributed by atoms with E-state index in [4.69, 9.17) is 9.47 Å². The first-order valence-corrected chi connectivity index (χ1v) is 8.35. The van der Waals surface area contributed by atoms with Crippen LogP contribution in [0.15, 0.2) is 54.6 Å². The summed E-state index contributed by atoms with van der Waals surface area (Å²) in [5, 5.41) is 11.0. The number of hydrogen-bond donors (Lipinski definition) is 0. The van der Waals surface area contributed by atoms with Gasteiger partial charge in [0.2, 0.25) is 0 Å². The lowest BCUT2D eigenvalue weighted by molar-refractivity contribution is -0.385. The fourth-order valence-electron chi connectivity index (χ4n) is 2.36. The minimum atomic E-state index is -1.01. The van der Waals surface area contributed by atoms with Crippen LogP contribution in [0.25, 0.3) is 0 Å². The largest absolute Gasteiger partial charge is 0.465 e. The van der Waals surface area contributed by atoms with Crippen molar-refractivity contribution in [2.45, 2.75) is 6.92 Å². The fraction of sp³-hybridized carbons (Fsp3) is 0.211. The highest BCUT2D eigenvalue weighted by Gasteiger charge is 2.24. The molecular weight excluding hydrogens is 368 g/mol. The molecule has 0 spiro atoms. The van der Waals surface area contributed by atoms with Crippen molar-refractivity contribution < 1.29 is 28.8 Å². The van der Waals surface area contributed by atoms with E-state index in [1.807, 2.05) is 0 Å². The van der Waals surface area contributed by atoms with Crippen molar-refractivity contribution in [3.05, 3.63) is 70.3 Å². The van der Waals surface area contributed by atoms with Gasteiger partial charge in [-0.3, -0.25) is 24.6 Å². The topological polar surface area (TPSA) is 116 Å². The molecule has 1 amide bonds.